The van der Waals surface area contributed by atoms with E-state index >= 15 is 0 Å². The van der Waals surface area contributed by atoms with Crippen LogP contribution >= 0.6 is 0 Å². The topological polar surface area (TPSA) is 55.1 Å². The molecule has 1 aromatic heterocycles. The Labute approximate surface area is 116 Å². The molecule has 1 aromatic carbocycles. The number of rotatable bonds is 2. The maximum atomic E-state index is 13.8. The Morgan fingerprint density at radius 1 is 1.35 bits per heavy atom. The van der Waals surface area contributed by atoms with Gasteiger partial charge in [0.2, 0.25) is 0 Å². The number of aryl methyl sites for hydroxylation is 1. The molecular formula is C15H17FN2O2. The van der Waals surface area contributed by atoms with Crippen LogP contribution in [0.25, 0.3) is 11.1 Å². The predicted octanol–water partition coefficient (Wildman–Crippen LogP) is 3.22. The third-order valence-electron chi connectivity index (χ3n) is 3.05. The van der Waals surface area contributed by atoms with Crippen molar-refractivity contribution in [2.24, 2.45) is 7.05 Å². The summed E-state index contributed by atoms with van der Waals surface area (Å²) in [5, 5.41) is 13.3. The summed E-state index contributed by atoms with van der Waals surface area (Å²) in [6.07, 6.45) is 1.82. The summed E-state index contributed by atoms with van der Waals surface area (Å²) in [4.78, 5) is 10.8. The van der Waals surface area contributed by atoms with Crippen LogP contribution in [0.15, 0.2) is 24.4 Å². The van der Waals surface area contributed by atoms with Crippen molar-refractivity contribution in [1.29, 1.82) is 0 Å². The molecule has 0 unspecified atom stereocenters. The Kier molecular flexibility index (Phi) is 3.38. The van der Waals surface area contributed by atoms with Crippen LogP contribution in [0.4, 0.5) is 4.39 Å². The number of aromatic nitrogens is 2. The molecule has 0 spiro atoms. The molecule has 0 radical (unpaired) electrons. The lowest BCUT2D eigenvalue weighted by atomic mass is 9.87. The van der Waals surface area contributed by atoms with Crippen molar-refractivity contribution >= 4 is 5.97 Å². The molecule has 0 amide bonds. The number of hydrogen-bond donors (Lipinski definition) is 1. The summed E-state index contributed by atoms with van der Waals surface area (Å²) in [5.41, 5.74) is 1.79. The van der Waals surface area contributed by atoms with Gasteiger partial charge in [0.1, 0.15) is 5.82 Å². The zero-order valence-electron chi connectivity index (χ0n) is 11.9. The molecule has 0 saturated heterocycles. The van der Waals surface area contributed by atoms with E-state index in [-0.39, 0.29) is 11.0 Å². The van der Waals surface area contributed by atoms with Crippen molar-refractivity contribution in [3.63, 3.8) is 0 Å². The second kappa shape index (κ2) is 4.74. The Balaban J connectivity index is 2.58. The van der Waals surface area contributed by atoms with Gasteiger partial charge in [0.25, 0.3) is 0 Å². The van der Waals surface area contributed by atoms with Gasteiger partial charge in [-0.3, -0.25) is 4.68 Å². The van der Waals surface area contributed by atoms with E-state index in [0.717, 1.165) is 11.3 Å². The molecule has 0 aliphatic rings. The molecule has 4 nitrogen and oxygen atoms in total. The SMILES string of the molecule is Cn1cc(-c2ccc(C(=O)O)c(F)c2)c(C(C)(C)C)n1. The average Bonchev–Trinajstić information content (AvgIpc) is 2.70. The van der Waals surface area contributed by atoms with Crippen LogP contribution in [0.2, 0.25) is 0 Å². The van der Waals surface area contributed by atoms with E-state index in [1.165, 1.54) is 12.1 Å². The van der Waals surface area contributed by atoms with Crippen LogP contribution in [0.5, 0.6) is 0 Å². The molecule has 0 fully saturated rings. The fourth-order valence-corrected chi connectivity index (χ4v) is 2.11. The number of carboxylic acids is 1. The van der Waals surface area contributed by atoms with Gasteiger partial charge in [-0.25, -0.2) is 9.18 Å². The molecule has 1 heterocycles. The summed E-state index contributed by atoms with van der Waals surface area (Å²) in [7, 11) is 1.81. The molecule has 0 saturated carbocycles. The van der Waals surface area contributed by atoms with Crippen molar-refractivity contribution in [2.75, 3.05) is 0 Å². The molecule has 0 bridgehead atoms. The number of benzene rings is 1. The molecule has 2 rings (SSSR count). The first kappa shape index (κ1) is 14.2. The van der Waals surface area contributed by atoms with Gasteiger partial charge in [0.15, 0.2) is 0 Å². The van der Waals surface area contributed by atoms with Crippen molar-refractivity contribution in [3.05, 3.63) is 41.5 Å². The second-order valence-electron chi connectivity index (χ2n) is 5.81. The van der Waals surface area contributed by atoms with Crippen LogP contribution in [0, 0.1) is 5.82 Å². The fourth-order valence-electron chi connectivity index (χ4n) is 2.11. The molecule has 0 aliphatic carbocycles. The molecule has 0 aliphatic heterocycles. The Hall–Kier alpha value is -2.17. The van der Waals surface area contributed by atoms with E-state index in [1.807, 2.05) is 27.0 Å². The van der Waals surface area contributed by atoms with Crippen LogP contribution in [-0.4, -0.2) is 20.9 Å². The molecule has 5 heteroatoms. The van der Waals surface area contributed by atoms with Gasteiger partial charge in [0, 0.05) is 24.2 Å². The highest BCUT2D eigenvalue weighted by Crippen LogP contribution is 2.32. The highest BCUT2D eigenvalue weighted by atomic mass is 19.1. The molecule has 106 valence electrons. The third-order valence-corrected chi connectivity index (χ3v) is 3.05. The van der Waals surface area contributed by atoms with Crippen molar-refractivity contribution in [3.8, 4) is 11.1 Å². The van der Waals surface area contributed by atoms with Crippen molar-refractivity contribution in [1.82, 2.24) is 9.78 Å². The summed E-state index contributed by atoms with van der Waals surface area (Å²) < 4.78 is 15.5. The van der Waals surface area contributed by atoms with Gasteiger partial charge < -0.3 is 5.11 Å². The minimum atomic E-state index is -1.27. The smallest absolute Gasteiger partial charge is 0.338 e. The monoisotopic (exact) mass is 276 g/mol. The largest absolute Gasteiger partial charge is 0.478 e. The lowest BCUT2D eigenvalue weighted by Crippen LogP contribution is -2.13. The molecular weight excluding hydrogens is 259 g/mol. The number of nitrogens with zero attached hydrogens (tertiary/aromatic N) is 2. The van der Waals surface area contributed by atoms with Gasteiger partial charge in [-0.05, 0) is 17.7 Å². The second-order valence-corrected chi connectivity index (χ2v) is 5.81. The van der Waals surface area contributed by atoms with E-state index in [9.17, 15) is 9.18 Å². The van der Waals surface area contributed by atoms with E-state index in [2.05, 4.69) is 5.10 Å². The third kappa shape index (κ3) is 2.57. The molecule has 1 N–H and O–H groups in total. The van der Waals surface area contributed by atoms with Crippen LogP contribution in [0.3, 0.4) is 0 Å². The number of hydrogen-bond acceptors (Lipinski definition) is 2. The van der Waals surface area contributed by atoms with Gasteiger partial charge >= 0.3 is 5.97 Å². The summed E-state index contributed by atoms with van der Waals surface area (Å²) in [6.45, 7) is 6.09. The van der Waals surface area contributed by atoms with Crippen LogP contribution < -0.4 is 0 Å². The van der Waals surface area contributed by atoms with Crippen molar-refractivity contribution in [2.45, 2.75) is 26.2 Å². The van der Waals surface area contributed by atoms with Gasteiger partial charge in [-0.1, -0.05) is 26.8 Å². The fraction of sp³-hybridized carbons (Fsp3) is 0.333. The highest BCUT2D eigenvalue weighted by molar-refractivity contribution is 5.88. The maximum Gasteiger partial charge on any atom is 0.338 e. The van der Waals surface area contributed by atoms with E-state index in [1.54, 1.807) is 17.8 Å². The first-order valence-corrected chi connectivity index (χ1v) is 6.27. The van der Waals surface area contributed by atoms with E-state index in [4.69, 9.17) is 5.11 Å². The standard InChI is InChI=1S/C15H17FN2O2/c1-15(2,3)13-11(8-18(4)17-13)9-5-6-10(14(19)20)12(16)7-9/h5-8H,1-4H3,(H,19,20). The maximum absolute atomic E-state index is 13.8. The lowest BCUT2D eigenvalue weighted by Gasteiger charge is -2.17. The first-order valence-electron chi connectivity index (χ1n) is 6.27. The summed E-state index contributed by atoms with van der Waals surface area (Å²) in [6, 6.07) is 4.14. The zero-order valence-corrected chi connectivity index (χ0v) is 11.9. The number of aromatic carboxylic acids is 1. The first-order chi connectivity index (χ1) is 9.20. The van der Waals surface area contributed by atoms with Crippen molar-refractivity contribution < 1.29 is 14.3 Å². The molecule has 0 atom stereocenters. The average molecular weight is 276 g/mol. The Bertz CT molecular complexity index is 669. The normalized spacial score (nSPS) is 11.7. The van der Waals surface area contributed by atoms with Gasteiger partial charge in [-0.15, -0.1) is 0 Å². The number of carboxylic acid groups (broad SMARTS) is 1. The predicted molar refractivity (Wildman–Crippen MR) is 74.3 cm³/mol. The van der Waals surface area contributed by atoms with Crippen LogP contribution in [0.1, 0.15) is 36.8 Å². The Morgan fingerprint density at radius 3 is 2.50 bits per heavy atom. The number of halogens is 1. The summed E-state index contributed by atoms with van der Waals surface area (Å²) >= 11 is 0. The summed E-state index contributed by atoms with van der Waals surface area (Å²) in [5.74, 6) is -2.00. The van der Waals surface area contributed by atoms with E-state index < -0.39 is 11.8 Å². The number of carbonyl (C=O) groups is 1. The van der Waals surface area contributed by atoms with Gasteiger partial charge in [0.05, 0.1) is 11.3 Å². The zero-order chi connectivity index (χ0) is 15.1. The Morgan fingerprint density at radius 2 is 2.00 bits per heavy atom. The minimum Gasteiger partial charge on any atom is -0.478 e. The molecule has 20 heavy (non-hydrogen) atoms. The minimum absolute atomic E-state index is 0.182. The van der Waals surface area contributed by atoms with Gasteiger partial charge in [-0.2, -0.15) is 5.10 Å². The quantitative estimate of drug-likeness (QED) is 0.916. The lowest BCUT2D eigenvalue weighted by molar-refractivity contribution is 0.0692. The van der Waals surface area contributed by atoms with Crippen LogP contribution in [-0.2, 0) is 12.5 Å². The molecule has 2 aromatic rings. The highest BCUT2D eigenvalue weighted by Gasteiger charge is 2.23. The van der Waals surface area contributed by atoms with E-state index in [0.29, 0.717) is 5.56 Å².